The van der Waals surface area contributed by atoms with Crippen LogP contribution in [0.1, 0.15) is 51.2 Å². The second-order valence-electron chi connectivity index (χ2n) is 7.03. The summed E-state index contributed by atoms with van der Waals surface area (Å²) < 4.78 is 5.88. The molecule has 2 unspecified atom stereocenters. The topological polar surface area (TPSA) is 34.1 Å². The van der Waals surface area contributed by atoms with Crippen molar-refractivity contribution in [3.63, 3.8) is 0 Å². The summed E-state index contributed by atoms with van der Waals surface area (Å²) in [6.07, 6.45) is 6.91. The summed E-state index contributed by atoms with van der Waals surface area (Å²) in [5.41, 5.74) is 1.19. The molecule has 0 amide bonds. The molecule has 0 saturated carbocycles. The first-order valence-electron chi connectivity index (χ1n) is 7.85. The number of nitrogens with zero attached hydrogens (tertiary/aromatic N) is 1. The van der Waals surface area contributed by atoms with Crippen molar-refractivity contribution in [2.45, 2.75) is 59.2 Å². The molecule has 118 valence electrons. The zero-order valence-electron chi connectivity index (χ0n) is 13.7. The van der Waals surface area contributed by atoms with E-state index in [9.17, 15) is 0 Å². The Morgan fingerprint density at radius 1 is 1.33 bits per heavy atom. The summed E-state index contributed by atoms with van der Waals surface area (Å²) in [6, 6.07) is 0. The van der Waals surface area contributed by atoms with Gasteiger partial charge in [0.2, 0.25) is 0 Å². The minimum atomic E-state index is 0.132. The molecule has 0 aromatic carbocycles. The highest BCUT2D eigenvalue weighted by molar-refractivity contribution is 7.09. The van der Waals surface area contributed by atoms with Gasteiger partial charge in [0.25, 0.3) is 0 Å². The van der Waals surface area contributed by atoms with Crippen LogP contribution in [0, 0.1) is 11.8 Å². The van der Waals surface area contributed by atoms with Crippen LogP contribution in [-0.4, -0.2) is 17.1 Å². The molecule has 1 aromatic rings. The first kappa shape index (κ1) is 16.7. The van der Waals surface area contributed by atoms with Crippen molar-refractivity contribution in [3.8, 4) is 0 Å². The van der Waals surface area contributed by atoms with Crippen LogP contribution in [0.25, 0.3) is 0 Å². The van der Waals surface area contributed by atoms with E-state index in [1.807, 2.05) is 0 Å². The molecule has 2 rings (SSSR count). The van der Waals surface area contributed by atoms with Crippen molar-refractivity contribution < 1.29 is 4.74 Å². The number of thiazole rings is 1. The molecule has 0 spiro atoms. The van der Waals surface area contributed by atoms with Gasteiger partial charge in [-0.2, -0.15) is 0 Å². The quantitative estimate of drug-likeness (QED) is 0.802. The molecule has 3 nitrogen and oxygen atoms in total. The van der Waals surface area contributed by atoms with Crippen LogP contribution in [0.2, 0.25) is 0 Å². The van der Waals surface area contributed by atoms with Gasteiger partial charge in [-0.25, -0.2) is 4.98 Å². The highest BCUT2D eigenvalue weighted by Crippen LogP contribution is 2.25. The Hall–Kier alpha value is -0.710. The van der Waals surface area contributed by atoms with Crippen molar-refractivity contribution in [1.29, 1.82) is 0 Å². The third-order valence-electron chi connectivity index (χ3n) is 3.87. The first-order chi connectivity index (χ1) is 9.94. The fourth-order valence-electron chi connectivity index (χ4n) is 2.39. The molecule has 0 radical (unpaired) electrons. The van der Waals surface area contributed by atoms with Gasteiger partial charge in [0.15, 0.2) is 0 Å². The molecule has 1 heterocycles. The Morgan fingerprint density at radius 2 is 2.10 bits per heavy atom. The zero-order chi connectivity index (χ0) is 15.3. The summed E-state index contributed by atoms with van der Waals surface area (Å²) in [5.74, 6) is 1.40. The number of rotatable bonds is 6. The minimum absolute atomic E-state index is 0.132. The number of aromatic nitrogens is 1. The maximum Gasteiger partial charge on any atom is 0.107 e. The molecule has 0 bridgehead atoms. The van der Waals surface area contributed by atoms with Crippen LogP contribution >= 0.6 is 11.3 Å². The molecule has 1 aromatic heterocycles. The highest BCUT2D eigenvalue weighted by atomic mass is 32.1. The second kappa shape index (κ2) is 7.52. The second-order valence-corrected chi connectivity index (χ2v) is 7.97. The molecule has 4 heteroatoms. The maximum absolute atomic E-state index is 5.88. The predicted molar refractivity (Wildman–Crippen MR) is 89.4 cm³/mol. The van der Waals surface area contributed by atoms with Gasteiger partial charge in [0.05, 0.1) is 18.9 Å². The summed E-state index contributed by atoms with van der Waals surface area (Å²) in [5, 5.41) is 6.72. The molecule has 0 aliphatic heterocycles. The van der Waals surface area contributed by atoms with Crippen molar-refractivity contribution in [2.24, 2.45) is 11.8 Å². The normalized spacial score (nSPS) is 22.7. The molecule has 0 fully saturated rings. The van der Waals surface area contributed by atoms with Crippen LogP contribution in [0.3, 0.4) is 0 Å². The predicted octanol–water partition coefficient (Wildman–Crippen LogP) is 4.15. The Kier molecular flexibility index (Phi) is 5.97. The maximum atomic E-state index is 5.88. The van der Waals surface area contributed by atoms with Crippen LogP contribution in [0.5, 0.6) is 0 Å². The molecular weight excluding hydrogens is 280 g/mol. The molecule has 0 saturated heterocycles. The van der Waals surface area contributed by atoms with E-state index in [4.69, 9.17) is 4.74 Å². The standard InChI is InChI=1S/C17H28N2OS/c1-13-7-5-6-8-14(13)10-20-11-15-12-21-16(19-15)9-18-17(2,3)4/h5-6,12-14,18H,7-11H2,1-4H3. The van der Waals surface area contributed by atoms with Gasteiger partial charge in [0, 0.05) is 17.5 Å². The van der Waals surface area contributed by atoms with Gasteiger partial charge in [-0.1, -0.05) is 19.1 Å². The van der Waals surface area contributed by atoms with Crippen LogP contribution in [0.15, 0.2) is 17.5 Å². The van der Waals surface area contributed by atoms with Gasteiger partial charge in [-0.3, -0.25) is 0 Å². The van der Waals surface area contributed by atoms with Gasteiger partial charge in [-0.15, -0.1) is 11.3 Å². The Balaban J connectivity index is 1.71. The lowest BCUT2D eigenvalue weighted by Gasteiger charge is -2.24. The fraction of sp³-hybridized carbons (Fsp3) is 0.706. The third-order valence-corrected chi connectivity index (χ3v) is 4.77. The Bertz CT molecular complexity index is 462. The smallest absolute Gasteiger partial charge is 0.107 e. The van der Waals surface area contributed by atoms with E-state index < -0.39 is 0 Å². The van der Waals surface area contributed by atoms with E-state index in [1.165, 1.54) is 6.42 Å². The van der Waals surface area contributed by atoms with Gasteiger partial charge in [0.1, 0.15) is 5.01 Å². The lowest BCUT2D eigenvalue weighted by molar-refractivity contribution is 0.0664. The van der Waals surface area contributed by atoms with E-state index >= 15 is 0 Å². The van der Waals surface area contributed by atoms with Gasteiger partial charge in [-0.05, 0) is 45.4 Å². The number of allylic oxidation sites excluding steroid dienone is 2. The average Bonchev–Trinajstić information content (AvgIpc) is 2.86. The van der Waals surface area contributed by atoms with E-state index in [1.54, 1.807) is 11.3 Å². The molecular formula is C17H28N2OS. The highest BCUT2D eigenvalue weighted by Gasteiger charge is 2.18. The summed E-state index contributed by atoms with van der Waals surface area (Å²) in [4.78, 5) is 4.63. The fourth-order valence-corrected chi connectivity index (χ4v) is 3.11. The molecule has 21 heavy (non-hydrogen) atoms. The number of nitrogens with one attached hydrogen (secondary N) is 1. The van der Waals surface area contributed by atoms with E-state index in [2.05, 4.69) is 55.5 Å². The van der Waals surface area contributed by atoms with E-state index in [0.717, 1.165) is 36.2 Å². The van der Waals surface area contributed by atoms with Crippen LogP contribution in [0.4, 0.5) is 0 Å². The largest absolute Gasteiger partial charge is 0.375 e. The van der Waals surface area contributed by atoms with Crippen molar-refractivity contribution in [2.75, 3.05) is 6.61 Å². The van der Waals surface area contributed by atoms with Crippen molar-refractivity contribution >= 4 is 11.3 Å². The summed E-state index contributed by atoms with van der Waals surface area (Å²) in [6.45, 7) is 11.1. The third kappa shape index (κ3) is 5.89. The number of hydrogen-bond acceptors (Lipinski definition) is 4. The Labute approximate surface area is 132 Å². The zero-order valence-corrected chi connectivity index (χ0v) is 14.5. The number of ether oxygens (including phenoxy) is 1. The van der Waals surface area contributed by atoms with E-state index in [-0.39, 0.29) is 5.54 Å². The average molecular weight is 308 g/mol. The molecule has 1 N–H and O–H groups in total. The molecule has 1 aliphatic rings. The summed E-state index contributed by atoms with van der Waals surface area (Å²) >= 11 is 1.71. The van der Waals surface area contributed by atoms with Crippen LogP contribution in [-0.2, 0) is 17.9 Å². The monoisotopic (exact) mass is 308 g/mol. The molecule has 1 aliphatic carbocycles. The SMILES string of the molecule is CC1CC=CCC1COCc1csc(CNC(C)(C)C)n1. The Morgan fingerprint density at radius 3 is 2.81 bits per heavy atom. The van der Waals surface area contributed by atoms with E-state index in [0.29, 0.717) is 12.5 Å². The lowest BCUT2D eigenvalue weighted by atomic mass is 9.85. The van der Waals surface area contributed by atoms with Gasteiger partial charge < -0.3 is 10.1 Å². The number of hydrogen-bond donors (Lipinski definition) is 1. The van der Waals surface area contributed by atoms with Crippen molar-refractivity contribution in [1.82, 2.24) is 10.3 Å². The first-order valence-corrected chi connectivity index (χ1v) is 8.73. The van der Waals surface area contributed by atoms with Crippen LogP contribution < -0.4 is 5.32 Å². The minimum Gasteiger partial charge on any atom is -0.375 e. The lowest BCUT2D eigenvalue weighted by Crippen LogP contribution is -2.35. The van der Waals surface area contributed by atoms with Gasteiger partial charge >= 0.3 is 0 Å². The van der Waals surface area contributed by atoms with Crippen molar-refractivity contribution in [3.05, 3.63) is 28.2 Å². The summed E-state index contributed by atoms with van der Waals surface area (Å²) in [7, 11) is 0. The molecule has 2 atom stereocenters.